The molecule has 0 saturated carbocycles. The Bertz CT molecular complexity index is 631. The number of nitrogens with zero attached hydrogens (tertiary/aromatic N) is 2. The molecule has 4 rings (SSSR count). The first-order valence-electron chi connectivity index (χ1n) is 6.90. The van der Waals surface area contributed by atoms with Crippen LogP contribution in [0.2, 0.25) is 0 Å². The molecule has 2 aliphatic heterocycles. The zero-order valence-corrected chi connectivity index (χ0v) is 11.4. The number of fused-ring (bicyclic) bond motifs is 3. The Kier molecular flexibility index (Phi) is 2.19. The van der Waals surface area contributed by atoms with Gasteiger partial charge >= 0.3 is 0 Å². The summed E-state index contributed by atoms with van der Waals surface area (Å²) in [6.07, 6.45) is 4.05. The third kappa shape index (κ3) is 1.44. The van der Waals surface area contributed by atoms with Gasteiger partial charge in [-0.3, -0.25) is 0 Å². The molecule has 0 saturated heterocycles. The van der Waals surface area contributed by atoms with Crippen molar-refractivity contribution in [2.45, 2.75) is 12.8 Å². The Balaban J connectivity index is 2.01. The summed E-state index contributed by atoms with van der Waals surface area (Å²) in [6.45, 7) is 2.24. The van der Waals surface area contributed by atoms with Crippen molar-refractivity contribution in [1.29, 1.82) is 0 Å². The first kappa shape index (κ1) is 11.0. The van der Waals surface area contributed by atoms with Crippen molar-refractivity contribution in [3.8, 4) is 11.3 Å². The highest BCUT2D eigenvalue weighted by Crippen LogP contribution is 2.45. The second-order valence-electron chi connectivity index (χ2n) is 5.57. The van der Waals surface area contributed by atoms with Crippen LogP contribution in [0.3, 0.4) is 0 Å². The SMILES string of the molecule is CN1CCc2c1cc(-c1ccco1)c1c2N(C)CC1. The molecule has 0 spiro atoms. The van der Waals surface area contributed by atoms with E-state index in [1.807, 2.05) is 6.07 Å². The van der Waals surface area contributed by atoms with Gasteiger partial charge in [-0.15, -0.1) is 0 Å². The second kappa shape index (κ2) is 3.80. The summed E-state index contributed by atoms with van der Waals surface area (Å²) in [5.41, 5.74) is 7.09. The maximum Gasteiger partial charge on any atom is 0.134 e. The molecule has 1 aromatic carbocycles. The van der Waals surface area contributed by atoms with Crippen LogP contribution in [0, 0.1) is 0 Å². The van der Waals surface area contributed by atoms with Gasteiger partial charge in [-0.1, -0.05) is 0 Å². The summed E-state index contributed by atoms with van der Waals surface area (Å²) in [5.74, 6) is 0.995. The summed E-state index contributed by atoms with van der Waals surface area (Å²) < 4.78 is 5.64. The molecule has 98 valence electrons. The van der Waals surface area contributed by atoms with E-state index in [4.69, 9.17) is 4.42 Å². The molecule has 2 aliphatic rings. The molecule has 0 N–H and O–H groups in total. The average Bonchev–Trinajstić information content (AvgIpc) is 3.10. The van der Waals surface area contributed by atoms with Gasteiger partial charge < -0.3 is 14.2 Å². The highest BCUT2D eigenvalue weighted by Gasteiger charge is 2.30. The molecule has 0 aliphatic carbocycles. The van der Waals surface area contributed by atoms with E-state index < -0.39 is 0 Å². The van der Waals surface area contributed by atoms with E-state index in [2.05, 4.69) is 36.0 Å². The Morgan fingerprint density at radius 3 is 2.63 bits per heavy atom. The number of hydrogen-bond donors (Lipinski definition) is 0. The lowest BCUT2D eigenvalue weighted by molar-refractivity contribution is 0.582. The van der Waals surface area contributed by atoms with Crippen LogP contribution in [0.4, 0.5) is 11.4 Å². The van der Waals surface area contributed by atoms with Gasteiger partial charge in [0.05, 0.1) is 6.26 Å². The summed E-state index contributed by atoms with van der Waals surface area (Å²) >= 11 is 0. The molecule has 3 heteroatoms. The molecular weight excluding hydrogens is 236 g/mol. The standard InChI is InChI=1S/C16H18N2O/c1-17-7-6-12-14(17)10-13(15-4-3-9-19-15)11-5-8-18(2)16(11)12/h3-4,9-10H,5-8H2,1-2H3. The third-order valence-corrected chi connectivity index (χ3v) is 4.46. The summed E-state index contributed by atoms with van der Waals surface area (Å²) in [6, 6.07) is 6.35. The van der Waals surface area contributed by atoms with Crippen LogP contribution in [0.1, 0.15) is 11.1 Å². The van der Waals surface area contributed by atoms with Gasteiger partial charge in [0.1, 0.15) is 5.76 Å². The molecule has 0 unspecified atom stereocenters. The number of benzene rings is 1. The number of anilines is 2. The molecule has 1 aromatic heterocycles. The zero-order chi connectivity index (χ0) is 13.0. The molecule has 2 aromatic rings. The van der Waals surface area contributed by atoms with Crippen LogP contribution >= 0.6 is 0 Å². The molecule has 0 amide bonds. The first-order valence-corrected chi connectivity index (χ1v) is 6.90. The minimum atomic E-state index is 0.995. The normalized spacial score (nSPS) is 16.9. The molecule has 0 bridgehead atoms. The molecule has 0 atom stereocenters. The maximum atomic E-state index is 5.64. The van der Waals surface area contributed by atoms with Crippen LogP contribution in [0.25, 0.3) is 11.3 Å². The first-order chi connectivity index (χ1) is 9.25. The summed E-state index contributed by atoms with van der Waals surface area (Å²) in [7, 11) is 4.38. The van der Waals surface area contributed by atoms with E-state index in [1.165, 1.54) is 28.1 Å². The smallest absolute Gasteiger partial charge is 0.134 e. The van der Waals surface area contributed by atoms with Crippen molar-refractivity contribution in [3.63, 3.8) is 0 Å². The largest absolute Gasteiger partial charge is 0.464 e. The Morgan fingerprint density at radius 1 is 1.05 bits per heavy atom. The van der Waals surface area contributed by atoms with E-state index in [0.717, 1.165) is 31.7 Å². The molecule has 3 heterocycles. The molecule has 0 radical (unpaired) electrons. The van der Waals surface area contributed by atoms with E-state index in [1.54, 1.807) is 6.26 Å². The predicted octanol–water partition coefficient (Wildman–Crippen LogP) is 2.93. The van der Waals surface area contributed by atoms with Crippen LogP contribution in [-0.2, 0) is 12.8 Å². The van der Waals surface area contributed by atoms with Crippen molar-refractivity contribution in [2.24, 2.45) is 0 Å². The fourth-order valence-electron chi connectivity index (χ4n) is 3.49. The lowest BCUT2D eigenvalue weighted by Crippen LogP contribution is -2.14. The van der Waals surface area contributed by atoms with E-state index >= 15 is 0 Å². The van der Waals surface area contributed by atoms with E-state index in [-0.39, 0.29) is 0 Å². The van der Waals surface area contributed by atoms with Crippen LogP contribution in [0.5, 0.6) is 0 Å². The van der Waals surface area contributed by atoms with Gasteiger partial charge in [-0.05, 0) is 36.6 Å². The van der Waals surface area contributed by atoms with Gasteiger partial charge in [-0.25, -0.2) is 0 Å². The fourth-order valence-corrected chi connectivity index (χ4v) is 3.49. The number of likely N-dealkylation sites (N-methyl/N-ethyl adjacent to an activating group) is 2. The minimum Gasteiger partial charge on any atom is -0.464 e. The van der Waals surface area contributed by atoms with Crippen molar-refractivity contribution in [3.05, 3.63) is 35.6 Å². The Hall–Kier alpha value is -1.90. The number of furan rings is 1. The third-order valence-electron chi connectivity index (χ3n) is 4.46. The summed E-state index contributed by atoms with van der Waals surface area (Å²) in [4.78, 5) is 4.76. The Labute approximate surface area is 113 Å². The van der Waals surface area contributed by atoms with Crippen molar-refractivity contribution in [1.82, 2.24) is 0 Å². The molecule has 0 fully saturated rings. The molecule has 19 heavy (non-hydrogen) atoms. The zero-order valence-electron chi connectivity index (χ0n) is 11.4. The van der Waals surface area contributed by atoms with Crippen LogP contribution in [0.15, 0.2) is 28.9 Å². The second-order valence-corrected chi connectivity index (χ2v) is 5.57. The topological polar surface area (TPSA) is 19.6 Å². The number of rotatable bonds is 1. The highest BCUT2D eigenvalue weighted by atomic mass is 16.3. The van der Waals surface area contributed by atoms with Crippen molar-refractivity contribution < 1.29 is 4.42 Å². The quantitative estimate of drug-likeness (QED) is 0.780. The minimum absolute atomic E-state index is 0.995. The lowest BCUT2D eigenvalue weighted by atomic mass is 9.97. The van der Waals surface area contributed by atoms with Crippen molar-refractivity contribution >= 4 is 11.4 Å². The van der Waals surface area contributed by atoms with Gasteiger partial charge in [0.25, 0.3) is 0 Å². The molecular formula is C16H18N2O. The average molecular weight is 254 g/mol. The van der Waals surface area contributed by atoms with Crippen molar-refractivity contribution in [2.75, 3.05) is 37.0 Å². The summed E-state index contributed by atoms with van der Waals surface area (Å²) in [5, 5.41) is 0. The molecule has 3 nitrogen and oxygen atoms in total. The van der Waals surface area contributed by atoms with E-state index in [0.29, 0.717) is 0 Å². The predicted molar refractivity (Wildman–Crippen MR) is 78.1 cm³/mol. The van der Waals surface area contributed by atoms with Gasteiger partial charge in [0.2, 0.25) is 0 Å². The van der Waals surface area contributed by atoms with Gasteiger partial charge in [0.15, 0.2) is 0 Å². The fraction of sp³-hybridized carbons (Fsp3) is 0.375. The highest BCUT2D eigenvalue weighted by molar-refractivity contribution is 5.84. The lowest BCUT2D eigenvalue weighted by Gasteiger charge is -2.19. The van der Waals surface area contributed by atoms with Crippen LogP contribution < -0.4 is 9.80 Å². The van der Waals surface area contributed by atoms with Gasteiger partial charge in [-0.2, -0.15) is 0 Å². The Morgan fingerprint density at radius 2 is 1.84 bits per heavy atom. The van der Waals surface area contributed by atoms with Crippen LogP contribution in [-0.4, -0.2) is 27.2 Å². The maximum absolute atomic E-state index is 5.64. The van der Waals surface area contributed by atoms with E-state index in [9.17, 15) is 0 Å². The monoisotopic (exact) mass is 254 g/mol. The number of hydrogen-bond acceptors (Lipinski definition) is 3. The van der Waals surface area contributed by atoms with Gasteiger partial charge in [0, 0.05) is 49.7 Å².